The Hall–Kier alpha value is -1.96. The quantitative estimate of drug-likeness (QED) is 0.252. The van der Waals surface area contributed by atoms with Gasteiger partial charge in [0.1, 0.15) is 6.10 Å². The van der Waals surface area contributed by atoms with E-state index in [2.05, 4.69) is 27.0 Å². The molecule has 1 N–H and O–H groups in total. The molecule has 3 aliphatic rings. The van der Waals surface area contributed by atoms with Crippen molar-refractivity contribution in [2.75, 3.05) is 6.61 Å². The predicted molar refractivity (Wildman–Crippen MR) is 136 cm³/mol. The molecule has 0 unspecified atom stereocenters. The highest BCUT2D eigenvalue weighted by Crippen LogP contribution is 2.67. The molecular weight excluding hydrogens is 460 g/mol. The van der Waals surface area contributed by atoms with Crippen molar-refractivity contribution in [3.05, 3.63) is 36.5 Å². The number of carbonyl (C=O) groups is 2. The SMILES string of the molecule is C=CC(=C)CC[C@]1(C)[C@H]2C[C@H](OC(=O)[C@H](C)CC)C=C3[C@H](OCC)O[C@H](OC(C)=O)[C@@]32[C@@H](O)C[C@@H]1C. The lowest BCUT2D eigenvalue weighted by Gasteiger charge is -2.60. The van der Waals surface area contributed by atoms with E-state index in [9.17, 15) is 14.7 Å². The standard InChI is InChI=1S/C29H44O7/c1-9-17(4)12-13-28(8)19(6)14-24(31)29-22(26(33-11-3)36-27(29)34-20(7)30)15-21(16-23(28)29)35-25(32)18(5)10-2/h9,15,18-19,21,23-24,26-27,31H,1,4,10-14,16H2,2-3,5-8H3/t18-,19+,21-,23-,24+,26-,27+,28+,29+/m1/s1. The molecule has 2 fully saturated rings. The Labute approximate surface area is 215 Å². The van der Waals surface area contributed by atoms with E-state index >= 15 is 0 Å². The first kappa shape index (κ1) is 28.6. The van der Waals surface area contributed by atoms with Crippen LogP contribution in [0.25, 0.3) is 0 Å². The molecule has 1 saturated carbocycles. The lowest BCUT2D eigenvalue weighted by molar-refractivity contribution is -0.256. The van der Waals surface area contributed by atoms with Gasteiger partial charge in [0, 0.05) is 19.1 Å². The zero-order valence-electron chi connectivity index (χ0n) is 22.7. The van der Waals surface area contributed by atoms with Crippen LogP contribution in [-0.2, 0) is 28.5 Å². The van der Waals surface area contributed by atoms with Crippen molar-refractivity contribution in [2.45, 2.75) is 98.4 Å². The van der Waals surface area contributed by atoms with Gasteiger partial charge >= 0.3 is 11.9 Å². The van der Waals surface area contributed by atoms with Crippen LogP contribution in [0.1, 0.15) is 73.6 Å². The van der Waals surface area contributed by atoms with Crippen LogP contribution in [0.3, 0.4) is 0 Å². The second-order valence-corrected chi connectivity index (χ2v) is 11.0. The van der Waals surface area contributed by atoms with Crippen molar-refractivity contribution in [1.82, 2.24) is 0 Å². The number of aliphatic hydroxyl groups is 1. The van der Waals surface area contributed by atoms with E-state index in [-0.39, 0.29) is 29.1 Å². The Morgan fingerprint density at radius 2 is 2.00 bits per heavy atom. The molecule has 0 aromatic heterocycles. The van der Waals surface area contributed by atoms with Crippen molar-refractivity contribution >= 4 is 11.9 Å². The molecule has 0 amide bonds. The van der Waals surface area contributed by atoms with Crippen LogP contribution in [-0.4, -0.2) is 48.4 Å². The van der Waals surface area contributed by atoms with E-state index in [1.165, 1.54) is 6.92 Å². The van der Waals surface area contributed by atoms with Crippen molar-refractivity contribution < 1.29 is 33.6 Å². The van der Waals surface area contributed by atoms with Gasteiger partial charge in [-0.15, -0.1) is 0 Å². The third-order valence-electron chi connectivity index (χ3n) is 9.00. The van der Waals surface area contributed by atoms with Crippen molar-refractivity contribution in [3.63, 3.8) is 0 Å². The highest BCUT2D eigenvalue weighted by molar-refractivity contribution is 5.72. The second kappa shape index (κ2) is 11.2. The summed E-state index contributed by atoms with van der Waals surface area (Å²) in [7, 11) is 0. The summed E-state index contributed by atoms with van der Waals surface area (Å²) >= 11 is 0. The first-order valence-electron chi connectivity index (χ1n) is 13.3. The number of carbonyl (C=O) groups excluding carboxylic acids is 2. The largest absolute Gasteiger partial charge is 0.458 e. The molecule has 7 heteroatoms. The molecule has 2 aliphatic carbocycles. The Kier molecular flexibility index (Phi) is 8.90. The molecule has 1 aliphatic heterocycles. The lowest BCUT2D eigenvalue weighted by atomic mass is 9.45. The van der Waals surface area contributed by atoms with E-state index in [0.29, 0.717) is 31.4 Å². The van der Waals surface area contributed by atoms with E-state index in [0.717, 1.165) is 18.4 Å². The van der Waals surface area contributed by atoms with Crippen LogP contribution in [0.15, 0.2) is 36.5 Å². The normalized spacial score (nSPS) is 38.2. The molecule has 0 aromatic carbocycles. The zero-order valence-corrected chi connectivity index (χ0v) is 22.7. The van der Waals surface area contributed by atoms with Gasteiger partial charge in [-0.25, -0.2) is 0 Å². The average molecular weight is 505 g/mol. The summed E-state index contributed by atoms with van der Waals surface area (Å²) < 4.78 is 23.9. The molecular formula is C29H44O7. The van der Waals surface area contributed by atoms with Crippen LogP contribution in [0.4, 0.5) is 0 Å². The van der Waals surface area contributed by atoms with Gasteiger partial charge in [0.2, 0.25) is 6.29 Å². The number of hydrogen-bond acceptors (Lipinski definition) is 7. The fraction of sp³-hybridized carbons (Fsp3) is 0.724. The first-order chi connectivity index (χ1) is 16.9. The summed E-state index contributed by atoms with van der Waals surface area (Å²) in [6, 6.07) is 0. The minimum Gasteiger partial charge on any atom is -0.458 e. The first-order valence-corrected chi connectivity index (χ1v) is 13.3. The topological polar surface area (TPSA) is 91.3 Å². The summed E-state index contributed by atoms with van der Waals surface area (Å²) in [5.41, 5.74) is 0.360. The van der Waals surface area contributed by atoms with Crippen LogP contribution >= 0.6 is 0 Å². The Morgan fingerprint density at radius 3 is 2.58 bits per heavy atom. The molecule has 1 heterocycles. The van der Waals surface area contributed by atoms with Gasteiger partial charge in [-0.1, -0.05) is 52.5 Å². The zero-order chi connectivity index (χ0) is 26.8. The smallest absolute Gasteiger partial charge is 0.309 e. The molecule has 9 atom stereocenters. The number of ether oxygens (including phenoxy) is 4. The van der Waals surface area contributed by atoms with Crippen molar-refractivity contribution in [3.8, 4) is 0 Å². The highest BCUT2D eigenvalue weighted by atomic mass is 16.8. The fourth-order valence-electron chi connectivity index (χ4n) is 6.48. The number of allylic oxidation sites excluding steroid dienone is 2. The summed E-state index contributed by atoms with van der Waals surface area (Å²) in [6.45, 7) is 19.7. The molecule has 202 valence electrons. The van der Waals surface area contributed by atoms with Gasteiger partial charge in [-0.2, -0.15) is 0 Å². The number of rotatable bonds is 10. The van der Waals surface area contributed by atoms with E-state index in [1.807, 2.05) is 26.8 Å². The maximum Gasteiger partial charge on any atom is 0.309 e. The molecule has 0 aromatic rings. The molecule has 1 spiro atoms. The monoisotopic (exact) mass is 504 g/mol. The van der Waals surface area contributed by atoms with E-state index in [1.54, 1.807) is 6.08 Å². The third kappa shape index (κ3) is 4.94. The number of hydrogen-bond donors (Lipinski definition) is 1. The lowest BCUT2D eigenvalue weighted by Crippen LogP contribution is -2.63. The maximum atomic E-state index is 12.8. The summed E-state index contributed by atoms with van der Waals surface area (Å²) in [5.74, 6) is -1.01. The number of esters is 2. The summed E-state index contributed by atoms with van der Waals surface area (Å²) in [6.07, 6.45) is 3.76. The predicted octanol–water partition coefficient (Wildman–Crippen LogP) is 5.09. The molecule has 0 radical (unpaired) electrons. The van der Waals surface area contributed by atoms with Crippen LogP contribution in [0, 0.1) is 28.6 Å². The third-order valence-corrected chi connectivity index (χ3v) is 9.00. The van der Waals surface area contributed by atoms with Gasteiger partial charge in [-0.3, -0.25) is 9.59 Å². The minimum atomic E-state index is -1.00. The van der Waals surface area contributed by atoms with Crippen LogP contribution in [0.2, 0.25) is 0 Å². The molecule has 36 heavy (non-hydrogen) atoms. The van der Waals surface area contributed by atoms with E-state index < -0.39 is 36.2 Å². The summed E-state index contributed by atoms with van der Waals surface area (Å²) in [4.78, 5) is 25.0. The fourth-order valence-corrected chi connectivity index (χ4v) is 6.48. The summed E-state index contributed by atoms with van der Waals surface area (Å²) in [5, 5.41) is 11.7. The van der Waals surface area contributed by atoms with E-state index in [4.69, 9.17) is 18.9 Å². The Morgan fingerprint density at radius 1 is 1.31 bits per heavy atom. The Balaban J connectivity index is 2.16. The second-order valence-electron chi connectivity index (χ2n) is 11.0. The van der Waals surface area contributed by atoms with Crippen molar-refractivity contribution in [1.29, 1.82) is 0 Å². The highest BCUT2D eigenvalue weighted by Gasteiger charge is 2.71. The maximum absolute atomic E-state index is 12.8. The molecule has 0 bridgehead atoms. The van der Waals surface area contributed by atoms with Crippen molar-refractivity contribution in [2.24, 2.45) is 28.6 Å². The van der Waals surface area contributed by atoms with Gasteiger partial charge < -0.3 is 24.1 Å². The van der Waals surface area contributed by atoms with Gasteiger partial charge in [0.15, 0.2) is 6.29 Å². The molecule has 1 saturated heterocycles. The average Bonchev–Trinajstić information content (AvgIpc) is 3.13. The number of aliphatic hydroxyl groups excluding tert-OH is 1. The van der Waals surface area contributed by atoms with Crippen LogP contribution < -0.4 is 0 Å². The van der Waals surface area contributed by atoms with Gasteiger partial charge in [-0.05, 0) is 62.4 Å². The van der Waals surface area contributed by atoms with Gasteiger partial charge in [0.25, 0.3) is 0 Å². The Bertz CT molecular complexity index is 894. The van der Waals surface area contributed by atoms with Crippen LogP contribution in [0.5, 0.6) is 0 Å². The molecule has 7 nitrogen and oxygen atoms in total. The minimum absolute atomic E-state index is 0.148. The van der Waals surface area contributed by atoms with Gasteiger partial charge in [0.05, 0.1) is 17.4 Å². The molecule has 3 rings (SSSR count).